The average Bonchev–Trinajstić information content (AvgIpc) is 3.34. The van der Waals surface area contributed by atoms with E-state index in [1.165, 1.54) is 6.07 Å². The summed E-state index contributed by atoms with van der Waals surface area (Å²) < 4.78 is 13.8. The number of carbonyl (C=O) groups excluding carboxylic acids is 1. The first-order valence-corrected chi connectivity index (χ1v) is 9.95. The van der Waals surface area contributed by atoms with Crippen molar-refractivity contribution in [2.75, 3.05) is 24.5 Å². The predicted octanol–water partition coefficient (Wildman–Crippen LogP) is 3.49. The predicted molar refractivity (Wildman–Crippen MR) is 103 cm³/mol. The number of halogens is 1. The zero-order valence-electron chi connectivity index (χ0n) is 14.9. The van der Waals surface area contributed by atoms with E-state index >= 15 is 0 Å². The highest BCUT2D eigenvalue weighted by Crippen LogP contribution is 2.46. The molecule has 7 heteroatoms. The van der Waals surface area contributed by atoms with Gasteiger partial charge in [-0.15, -0.1) is 11.3 Å². The molecule has 5 nitrogen and oxygen atoms in total. The normalized spacial score (nSPS) is 24.6. The van der Waals surface area contributed by atoms with Crippen molar-refractivity contribution in [2.45, 2.75) is 13.0 Å². The van der Waals surface area contributed by atoms with Gasteiger partial charge in [-0.3, -0.25) is 4.79 Å². The van der Waals surface area contributed by atoms with Gasteiger partial charge in [0.25, 0.3) is 0 Å². The van der Waals surface area contributed by atoms with Gasteiger partial charge in [0.05, 0.1) is 11.4 Å². The van der Waals surface area contributed by atoms with Gasteiger partial charge < -0.3 is 9.80 Å². The average molecular weight is 382 g/mol. The number of amides is 1. The Kier molecular flexibility index (Phi) is 3.86. The molecule has 0 aliphatic carbocycles. The van der Waals surface area contributed by atoms with Crippen molar-refractivity contribution in [3.05, 3.63) is 53.4 Å². The second-order valence-electron chi connectivity index (χ2n) is 7.34. The van der Waals surface area contributed by atoms with E-state index in [1.807, 2.05) is 16.3 Å². The molecule has 0 bridgehead atoms. The number of fused-ring (bicyclic) bond motifs is 2. The van der Waals surface area contributed by atoms with E-state index in [0.29, 0.717) is 12.5 Å². The number of hydrogen-bond donors (Lipinski definition) is 0. The summed E-state index contributed by atoms with van der Waals surface area (Å²) in [5.41, 5.74) is 0.878. The molecule has 2 aliphatic heterocycles. The summed E-state index contributed by atoms with van der Waals surface area (Å²) in [6.45, 7) is 3.96. The molecule has 5 rings (SSSR count). The maximum atomic E-state index is 13.8. The van der Waals surface area contributed by atoms with Crippen LogP contribution in [0.5, 0.6) is 0 Å². The Labute approximate surface area is 160 Å². The highest BCUT2D eigenvalue weighted by molar-refractivity contribution is 7.16. The summed E-state index contributed by atoms with van der Waals surface area (Å²) in [5.74, 6) is 1.37. The standard InChI is InChI=1S/C20H19FN4OS/c1-12(26)25-9-14-8-24(19-16-5-6-27-20(16)23-11-22-19)10-17(14)18(25)13-3-2-4-15(21)7-13/h2-7,11,14,17-18H,8-10H2,1H3/t14-,17-,18-/m1/s1. The van der Waals surface area contributed by atoms with Crippen LogP contribution >= 0.6 is 11.3 Å². The number of aromatic nitrogens is 2. The molecular formula is C20H19FN4OS. The van der Waals surface area contributed by atoms with Gasteiger partial charge >= 0.3 is 0 Å². The van der Waals surface area contributed by atoms with Crippen molar-refractivity contribution in [1.82, 2.24) is 14.9 Å². The maximum Gasteiger partial charge on any atom is 0.219 e. The molecule has 2 aliphatic rings. The first-order chi connectivity index (χ1) is 13.1. The Morgan fingerprint density at radius 1 is 1.22 bits per heavy atom. The van der Waals surface area contributed by atoms with Crippen molar-refractivity contribution in [1.29, 1.82) is 0 Å². The maximum absolute atomic E-state index is 13.8. The van der Waals surface area contributed by atoms with Gasteiger partial charge in [0.2, 0.25) is 5.91 Å². The largest absolute Gasteiger partial charge is 0.355 e. The fourth-order valence-electron chi connectivity index (χ4n) is 4.69. The van der Waals surface area contributed by atoms with Gasteiger partial charge in [0.1, 0.15) is 22.8 Å². The van der Waals surface area contributed by atoms with Gasteiger partial charge in [0, 0.05) is 38.4 Å². The summed E-state index contributed by atoms with van der Waals surface area (Å²) >= 11 is 1.61. The third-order valence-electron chi connectivity index (χ3n) is 5.80. The van der Waals surface area contributed by atoms with E-state index in [0.717, 1.165) is 34.7 Å². The van der Waals surface area contributed by atoms with Crippen LogP contribution in [-0.4, -0.2) is 40.4 Å². The Bertz CT molecular complexity index is 1020. The molecule has 2 saturated heterocycles. The van der Waals surface area contributed by atoms with E-state index in [9.17, 15) is 9.18 Å². The zero-order valence-corrected chi connectivity index (χ0v) is 15.7. The molecule has 0 spiro atoms. The van der Waals surface area contributed by atoms with Crippen molar-refractivity contribution in [3.63, 3.8) is 0 Å². The quantitative estimate of drug-likeness (QED) is 0.681. The lowest BCUT2D eigenvalue weighted by Gasteiger charge is -2.29. The van der Waals surface area contributed by atoms with Crippen molar-refractivity contribution >= 4 is 33.3 Å². The van der Waals surface area contributed by atoms with Crippen LogP contribution in [0.3, 0.4) is 0 Å². The molecule has 0 saturated carbocycles. The molecule has 138 valence electrons. The fourth-order valence-corrected chi connectivity index (χ4v) is 5.42. The first-order valence-electron chi connectivity index (χ1n) is 9.07. The Hall–Kier alpha value is -2.54. The zero-order chi connectivity index (χ0) is 18.5. The van der Waals surface area contributed by atoms with E-state index in [4.69, 9.17) is 0 Å². The number of likely N-dealkylation sites (tertiary alicyclic amines) is 1. The number of anilines is 1. The molecule has 1 aromatic carbocycles. The fraction of sp³-hybridized carbons (Fsp3) is 0.350. The van der Waals surface area contributed by atoms with Crippen LogP contribution in [0.4, 0.5) is 10.2 Å². The highest BCUT2D eigenvalue weighted by Gasteiger charge is 2.49. The molecule has 2 fully saturated rings. The number of rotatable bonds is 2. The second-order valence-corrected chi connectivity index (χ2v) is 8.23. The smallest absolute Gasteiger partial charge is 0.219 e. The Morgan fingerprint density at radius 3 is 2.93 bits per heavy atom. The monoisotopic (exact) mass is 382 g/mol. The lowest BCUT2D eigenvalue weighted by molar-refractivity contribution is -0.130. The molecule has 4 heterocycles. The summed E-state index contributed by atoms with van der Waals surface area (Å²) in [4.78, 5) is 26.3. The topological polar surface area (TPSA) is 49.3 Å². The van der Waals surface area contributed by atoms with E-state index in [-0.39, 0.29) is 23.7 Å². The summed E-state index contributed by atoms with van der Waals surface area (Å²) in [5, 5.41) is 3.11. The molecule has 2 aromatic heterocycles. The van der Waals surface area contributed by atoms with E-state index in [1.54, 1.807) is 36.7 Å². The Morgan fingerprint density at radius 2 is 2.11 bits per heavy atom. The molecule has 0 radical (unpaired) electrons. The molecule has 0 N–H and O–H groups in total. The molecular weight excluding hydrogens is 363 g/mol. The first kappa shape index (κ1) is 16.6. The van der Waals surface area contributed by atoms with Crippen LogP contribution in [-0.2, 0) is 4.79 Å². The minimum Gasteiger partial charge on any atom is -0.355 e. The lowest BCUT2D eigenvalue weighted by Crippen LogP contribution is -2.34. The number of thiophene rings is 1. The summed E-state index contributed by atoms with van der Waals surface area (Å²) in [6, 6.07) is 8.64. The number of hydrogen-bond acceptors (Lipinski definition) is 5. The summed E-state index contributed by atoms with van der Waals surface area (Å²) in [7, 11) is 0. The SMILES string of the molecule is CC(=O)N1C[C@H]2CN(c3ncnc4sccc34)C[C@H]2[C@H]1c1cccc(F)c1. The molecule has 3 aromatic rings. The second kappa shape index (κ2) is 6.27. The van der Waals surface area contributed by atoms with Crippen LogP contribution in [0.1, 0.15) is 18.5 Å². The van der Waals surface area contributed by atoms with E-state index < -0.39 is 0 Å². The van der Waals surface area contributed by atoms with Gasteiger partial charge in [-0.1, -0.05) is 12.1 Å². The van der Waals surface area contributed by atoms with Gasteiger partial charge in [-0.25, -0.2) is 14.4 Å². The van der Waals surface area contributed by atoms with E-state index in [2.05, 4.69) is 20.9 Å². The van der Waals surface area contributed by atoms with Crippen LogP contribution < -0.4 is 4.90 Å². The lowest BCUT2D eigenvalue weighted by atomic mass is 9.89. The third kappa shape index (κ3) is 2.68. The number of nitrogens with zero attached hydrogens (tertiary/aromatic N) is 4. The van der Waals surface area contributed by atoms with Gasteiger partial charge in [-0.05, 0) is 29.1 Å². The third-order valence-corrected chi connectivity index (χ3v) is 6.62. The van der Waals surface area contributed by atoms with Crippen LogP contribution in [0.15, 0.2) is 42.0 Å². The van der Waals surface area contributed by atoms with Gasteiger partial charge in [-0.2, -0.15) is 0 Å². The van der Waals surface area contributed by atoms with Crippen molar-refractivity contribution in [3.8, 4) is 0 Å². The number of carbonyl (C=O) groups is 1. The van der Waals surface area contributed by atoms with Crippen LogP contribution in [0.25, 0.3) is 10.2 Å². The van der Waals surface area contributed by atoms with Crippen molar-refractivity contribution in [2.24, 2.45) is 11.8 Å². The molecule has 27 heavy (non-hydrogen) atoms. The van der Waals surface area contributed by atoms with Crippen molar-refractivity contribution < 1.29 is 9.18 Å². The summed E-state index contributed by atoms with van der Waals surface area (Å²) in [6.07, 6.45) is 1.62. The Balaban J connectivity index is 1.50. The highest BCUT2D eigenvalue weighted by atomic mass is 32.1. The molecule has 0 unspecified atom stereocenters. The minimum atomic E-state index is -0.259. The van der Waals surface area contributed by atoms with Crippen LogP contribution in [0.2, 0.25) is 0 Å². The van der Waals surface area contributed by atoms with Crippen LogP contribution in [0, 0.1) is 17.7 Å². The molecule has 3 atom stereocenters. The number of benzene rings is 1. The minimum absolute atomic E-state index is 0.0486. The molecule has 1 amide bonds. The van der Waals surface area contributed by atoms with Gasteiger partial charge in [0.15, 0.2) is 0 Å².